The number of imidazole rings is 1. The number of ether oxygens (including phenoxy) is 1. The SMILES string of the molecule is COc1ccc2ncc(C)n2c1.Cn1cc(-c2cnc3cn[nH]c3c2)cn1. The van der Waals surface area contributed by atoms with Crippen LogP contribution >= 0.6 is 0 Å². The Morgan fingerprint density at radius 3 is 2.67 bits per heavy atom. The summed E-state index contributed by atoms with van der Waals surface area (Å²) in [6.45, 7) is 2.01. The fraction of sp³-hybridized carbons (Fsp3) is 0.158. The molecule has 0 unspecified atom stereocenters. The maximum atomic E-state index is 5.10. The Kier molecular flexibility index (Phi) is 4.29. The van der Waals surface area contributed by atoms with Crippen LogP contribution < -0.4 is 4.74 Å². The zero-order valence-corrected chi connectivity index (χ0v) is 15.3. The molecule has 0 bridgehead atoms. The van der Waals surface area contributed by atoms with Crippen LogP contribution in [0.5, 0.6) is 5.75 Å². The summed E-state index contributed by atoms with van der Waals surface area (Å²) >= 11 is 0. The summed E-state index contributed by atoms with van der Waals surface area (Å²) in [6.07, 6.45) is 11.1. The van der Waals surface area contributed by atoms with Gasteiger partial charge in [0.15, 0.2) is 0 Å². The second-order valence-corrected chi connectivity index (χ2v) is 6.13. The van der Waals surface area contributed by atoms with Crippen LogP contribution in [0.3, 0.4) is 0 Å². The summed E-state index contributed by atoms with van der Waals surface area (Å²) in [7, 11) is 3.55. The van der Waals surface area contributed by atoms with Crippen molar-refractivity contribution in [2.45, 2.75) is 6.92 Å². The van der Waals surface area contributed by atoms with Gasteiger partial charge in [0.25, 0.3) is 0 Å². The molecule has 0 aromatic carbocycles. The quantitative estimate of drug-likeness (QED) is 0.522. The zero-order chi connectivity index (χ0) is 18.8. The molecule has 0 radical (unpaired) electrons. The van der Waals surface area contributed by atoms with Gasteiger partial charge in [-0.2, -0.15) is 10.2 Å². The van der Waals surface area contributed by atoms with Gasteiger partial charge in [0.05, 0.1) is 31.2 Å². The predicted molar refractivity (Wildman–Crippen MR) is 103 cm³/mol. The van der Waals surface area contributed by atoms with Crippen molar-refractivity contribution in [3.05, 3.63) is 61.1 Å². The predicted octanol–water partition coefficient (Wildman–Crippen LogP) is 3.01. The van der Waals surface area contributed by atoms with Crippen molar-refractivity contribution < 1.29 is 4.74 Å². The van der Waals surface area contributed by atoms with Gasteiger partial charge in [-0.15, -0.1) is 0 Å². The second-order valence-electron chi connectivity index (χ2n) is 6.13. The molecule has 0 fully saturated rings. The minimum Gasteiger partial charge on any atom is -0.495 e. The van der Waals surface area contributed by atoms with E-state index in [4.69, 9.17) is 4.74 Å². The molecule has 0 amide bonds. The summed E-state index contributed by atoms with van der Waals surface area (Å²) in [4.78, 5) is 8.50. The number of hydrogen-bond donors (Lipinski definition) is 1. The molecule has 136 valence electrons. The molecule has 5 aromatic heterocycles. The Morgan fingerprint density at radius 2 is 1.89 bits per heavy atom. The number of nitrogens with zero attached hydrogens (tertiary/aromatic N) is 6. The smallest absolute Gasteiger partial charge is 0.137 e. The van der Waals surface area contributed by atoms with E-state index in [1.165, 1.54) is 0 Å². The number of pyridine rings is 2. The molecule has 0 atom stereocenters. The van der Waals surface area contributed by atoms with Gasteiger partial charge in [0, 0.05) is 42.5 Å². The first-order valence-corrected chi connectivity index (χ1v) is 8.40. The van der Waals surface area contributed by atoms with Gasteiger partial charge in [0.2, 0.25) is 0 Å². The van der Waals surface area contributed by atoms with Crippen molar-refractivity contribution in [1.29, 1.82) is 0 Å². The molecule has 8 nitrogen and oxygen atoms in total. The van der Waals surface area contributed by atoms with Crippen LogP contribution in [-0.2, 0) is 7.05 Å². The average molecular weight is 361 g/mol. The number of H-pyrrole nitrogens is 1. The van der Waals surface area contributed by atoms with Crippen molar-refractivity contribution in [3.63, 3.8) is 0 Å². The van der Waals surface area contributed by atoms with Crippen LogP contribution in [0, 0.1) is 6.92 Å². The number of rotatable bonds is 2. The molecular weight excluding hydrogens is 342 g/mol. The number of methoxy groups -OCH3 is 1. The van der Waals surface area contributed by atoms with E-state index in [2.05, 4.69) is 25.3 Å². The standard InChI is InChI=1S/C10H9N5.C9H10N2O/c1-15-6-8(4-13-15)7-2-9-10(11-3-7)5-12-14-9;1-7-5-10-9-4-3-8(12-2)6-11(7)9/h2-6H,1H3,(H,12,14);3-6H,1-2H3. The van der Waals surface area contributed by atoms with Gasteiger partial charge in [0.1, 0.15) is 16.9 Å². The molecule has 8 heteroatoms. The maximum Gasteiger partial charge on any atom is 0.137 e. The van der Waals surface area contributed by atoms with Crippen molar-refractivity contribution in [1.82, 2.24) is 34.3 Å². The molecule has 0 saturated carbocycles. The van der Waals surface area contributed by atoms with Crippen molar-refractivity contribution >= 4 is 16.7 Å². The number of nitrogens with one attached hydrogen (secondary N) is 1. The molecule has 27 heavy (non-hydrogen) atoms. The first-order chi connectivity index (χ1) is 13.1. The molecule has 0 aliphatic heterocycles. The van der Waals surface area contributed by atoms with Crippen LogP contribution in [-0.4, -0.2) is 41.5 Å². The fourth-order valence-electron chi connectivity index (χ4n) is 2.76. The largest absolute Gasteiger partial charge is 0.495 e. The zero-order valence-electron chi connectivity index (χ0n) is 15.3. The van der Waals surface area contributed by atoms with Crippen LogP contribution in [0.25, 0.3) is 27.8 Å². The first kappa shape index (κ1) is 16.8. The summed E-state index contributed by atoms with van der Waals surface area (Å²) in [5.74, 6) is 0.851. The third-order valence-corrected chi connectivity index (χ3v) is 4.23. The van der Waals surface area contributed by atoms with E-state index >= 15 is 0 Å². The Balaban J connectivity index is 0.000000137. The third kappa shape index (κ3) is 3.37. The first-order valence-electron chi connectivity index (χ1n) is 8.40. The lowest BCUT2D eigenvalue weighted by Crippen LogP contribution is -1.89. The fourth-order valence-corrected chi connectivity index (χ4v) is 2.76. The highest BCUT2D eigenvalue weighted by Crippen LogP contribution is 2.20. The number of aromatic nitrogens is 7. The molecular formula is C19H19N7O. The van der Waals surface area contributed by atoms with E-state index in [1.807, 2.05) is 67.6 Å². The van der Waals surface area contributed by atoms with E-state index < -0.39 is 0 Å². The van der Waals surface area contributed by atoms with E-state index in [1.54, 1.807) is 18.0 Å². The second kappa shape index (κ2) is 6.91. The molecule has 5 heterocycles. The molecule has 5 aromatic rings. The Hall–Kier alpha value is -3.68. The average Bonchev–Trinajstić information content (AvgIpc) is 3.42. The van der Waals surface area contributed by atoms with Gasteiger partial charge in [-0.25, -0.2) is 4.98 Å². The molecule has 1 N–H and O–H groups in total. The number of fused-ring (bicyclic) bond motifs is 2. The number of aromatic amines is 1. The van der Waals surface area contributed by atoms with E-state index in [-0.39, 0.29) is 0 Å². The summed E-state index contributed by atoms with van der Waals surface area (Å²) < 4.78 is 8.87. The Morgan fingerprint density at radius 1 is 1.00 bits per heavy atom. The topological polar surface area (TPSA) is 85.9 Å². The van der Waals surface area contributed by atoms with Crippen LogP contribution in [0.2, 0.25) is 0 Å². The van der Waals surface area contributed by atoms with Crippen LogP contribution in [0.1, 0.15) is 5.69 Å². The Bertz CT molecular complexity index is 1200. The van der Waals surface area contributed by atoms with Gasteiger partial charge >= 0.3 is 0 Å². The Labute approximate surface area is 155 Å². The van der Waals surface area contributed by atoms with E-state index in [0.717, 1.165) is 39.3 Å². The van der Waals surface area contributed by atoms with Crippen molar-refractivity contribution in [2.24, 2.45) is 7.05 Å². The molecule has 0 spiro atoms. The monoisotopic (exact) mass is 361 g/mol. The lowest BCUT2D eigenvalue weighted by molar-refractivity contribution is 0.412. The van der Waals surface area contributed by atoms with Gasteiger partial charge in [-0.05, 0) is 25.1 Å². The van der Waals surface area contributed by atoms with Crippen molar-refractivity contribution in [3.8, 4) is 16.9 Å². The minimum absolute atomic E-state index is 0.851. The van der Waals surface area contributed by atoms with Crippen molar-refractivity contribution in [2.75, 3.05) is 7.11 Å². The molecule has 5 rings (SSSR count). The van der Waals surface area contributed by atoms with Gasteiger partial charge in [-0.3, -0.25) is 14.8 Å². The van der Waals surface area contributed by atoms with Crippen LogP contribution in [0.4, 0.5) is 0 Å². The molecule has 0 saturated heterocycles. The molecule has 0 aliphatic carbocycles. The van der Waals surface area contributed by atoms with Gasteiger partial charge < -0.3 is 9.14 Å². The van der Waals surface area contributed by atoms with Gasteiger partial charge in [-0.1, -0.05) is 0 Å². The summed E-state index contributed by atoms with van der Waals surface area (Å²) in [5, 5.41) is 11.0. The highest BCUT2D eigenvalue weighted by Gasteiger charge is 2.03. The third-order valence-electron chi connectivity index (χ3n) is 4.23. The van der Waals surface area contributed by atoms with E-state index in [0.29, 0.717) is 0 Å². The highest BCUT2D eigenvalue weighted by molar-refractivity contribution is 5.79. The maximum absolute atomic E-state index is 5.10. The summed E-state index contributed by atoms with van der Waals surface area (Å²) in [5.41, 5.74) is 5.98. The number of aryl methyl sites for hydroxylation is 2. The lowest BCUT2D eigenvalue weighted by atomic mass is 10.1. The lowest BCUT2D eigenvalue weighted by Gasteiger charge is -2.00. The molecule has 0 aliphatic rings. The number of hydrogen-bond acceptors (Lipinski definition) is 5. The van der Waals surface area contributed by atoms with Crippen LogP contribution in [0.15, 0.2) is 55.4 Å². The van der Waals surface area contributed by atoms with E-state index in [9.17, 15) is 0 Å². The normalized spacial score (nSPS) is 10.8. The summed E-state index contributed by atoms with van der Waals surface area (Å²) in [6, 6.07) is 5.86. The minimum atomic E-state index is 0.851. The highest BCUT2D eigenvalue weighted by atomic mass is 16.5.